The van der Waals surface area contributed by atoms with Gasteiger partial charge in [0.25, 0.3) is 0 Å². The number of urea groups is 1. The van der Waals surface area contributed by atoms with E-state index in [-0.39, 0.29) is 24.3 Å². The number of carbonyl (C=O) groups is 1. The van der Waals surface area contributed by atoms with Crippen LogP contribution in [0.3, 0.4) is 0 Å². The molecule has 0 aromatic heterocycles. The van der Waals surface area contributed by atoms with E-state index < -0.39 is 34.1 Å². The standard InChI is InChI=1S/C14H17F3N2O3S/c15-14(16,17)12(8-10-4-2-1-3-5-10)19-13(20)18-11-6-7-23(21,22)9-11/h1-5,11-12H,6-9H2,(H2,18,19,20)/t11-,12-/m1/s1. The molecule has 1 aromatic rings. The van der Waals surface area contributed by atoms with Gasteiger partial charge in [0.2, 0.25) is 0 Å². The van der Waals surface area contributed by atoms with Crippen molar-refractivity contribution in [3.8, 4) is 0 Å². The summed E-state index contributed by atoms with van der Waals surface area (Å²) in [4.78, 5) is 11.7. The van der Waals surface area contributed by atoms with Crippen molar-refractivity contribution in [1.29, 1.82) is 0 Å². The zero-order chi connectivity index (χ0) is 17.1. The molecule has 1 aromatic carbocycles. The van der Waals surface area contributed by atoms with E-state index in [0.29, 0.717) is 5.56 Å². The van der Waals surface area contributed by atoms with Gasteiger partial charge in [-0.2, -0.15) is 13.2 Å². The lowest BCUT2D eigenvalue weighted by Gasteiger charge is -2.23. The first kappa shape index (κ1) is 17.6. The van der Waals surface area contributed by atoms with Gasteiger partial charge in [0.1, 0.15) is 6.04 Å². The summed E-state index contributed by atoms with van der Waals surface area (Å²) in [6.45, 7) is 0. The number of rotatable bonds is 4. The predicted octanol–water partition coefficient (Wildman–Crippen LogP) is 1.65. The number of benzene rings is 1. The quantitative estimate of drug-likeness (QED) is 0.867. The Morgan fingerprint density at radius 3 is 2.43 bits per heavy atom. The van der Waals surface area contributed by atoms with Crippen LogP contribution in [0.1, 0.15) is 12.0 Å². The molecular formula is C14H17F3N2O3S. The zero-order valence-corrected chi connectivity index (χ0v) is 13.0. The molecule has 5 nitrogen and oxygen atoms in total. The van der Waals surface area contributed by atoms with Gasteiger partial charge in [0.15, 0.2) is 9.84 Å². The van der Waals surface area contributed by atoms with E-state index in [4.69, 9.17) is 0 Å². The van der Waals surface area contributed by atoms with E-state index in [1.807, 2.05) is 5.32 Å². The maximum atomic E-state index is 13.1. The summed E-state index contributed by atoms with van der Waals surface area (Å²) in [6, 6.07) is 4.31. The second kappa shape index (κ2) is 6.77. The second-order valence-corrected chi connectivity index (χ2v) is 7.73. The Hall–Kier alpha value is -1.77. The summed E-state index contributed by atoms with van der Waals surface area (Å²) >= 11 is 0. The van der Waals surface area contributed by atoms with Crippen molar-refractivity contribution in [1.82, 2.24) is 10.6 Å². The smallest absolute Gasteiger partial charge is 0.334 e. The summed E-state index contributed by atoms with van der Waals surface area (Å²) in [7, 11) is -3.21. The Morgan fingerprint density at radius 2 is 1.91 bits per heavy atom. The summed E-state index contributed by atoms with van der Waals surface area (Å²) in [5.41, 5.74) is 0.443. The lowest BCUT2D eigenvalue weighted by Crippen LogP contribution is -2.52. The van der Waals surface area contributed by atoms with Crippen molar-refractivity contribution < 1.29 is 26.4 Å². The number of hydrogen-bond donors (Lipinski definition) is 2. The summed E-state index contributed by atoms with van der Waals surface area (Å²) < 4.78 is 61.8. The maximum Gasteiger partial charge on any atom is 0.408 e. The highest BCUT2D eigenvalue weighted by Crippen LogP contribution is 2.23. The number of alkyl halides is 3. The van der Waals surface area contributed by atoms with Crippen molar-refractivity contribution in [2.45, 2.75) is 31.1 Å². The number of sulfone groups is 1. The average molecular weight is 350 g/mol. The fraction of sp³-hybridized carbons (Fsp3) is 0.500. The number of amides is 2. The Balaban J connectivity index is 1.96. The normalized spacial score (nSPS) is 21.6. The van der Waals surface area contributed by atoms with Crippen molar-refractivity contribution in [3.05, 3.63) is 35.9 Å². The van der Waals surface area contributed by atoms with Gasteiger partial charge in [0, 0.05) is 12.5 Å². The van der Waals surface area contributed by atoms with Crippen molar-refractivity contribution in [2.75, 3.05) is 11.5 Å². The molecule has 128 valence electrons. The molecule has 0 radical (unpaired) electrons. The number of halogens is 3. The molecule has 1 fully saturated rings. The van der Waals surface area contributed by atoms with Crippen LogP contribution in [0.5, 0.6) is 0 Å². The number of nitrogens with one attached hydrogen (secondary N) is 2. The fourth-order valence-electron chi connectivity index (χ4n) is 2.39. The van der Waals surface area contributed by atoms with E-state index in [9.17, 15) is 26.4 Å². The molecule has 1 heterocycles. The molecule has 2 atom stereocenters. The predicted molar refractivity (Wildman–Crippen MR) is 78.7 cm³/mol. The van der Waals surface area contributed by atoms with Gasteiger partial charge in [0.05, 0.1) is 11.5 Å². The molecule has 23 heavy (non-hydrogen) atoms. The van der Waals surface area contributed by atoms with Gasteiger partial charge in [-0.15, -0.1) is 0 Å². The summed E-state index contributed by atoms with van der Waals surface area (Å²) in [6.07, 6.45) is -4.78. The molecule has 1 aliphatic rings. The van der Waals surface area contributed by atoms with Crippen LogP contribution in [0, 0.1) is 0 Å². The minimum Gasteiger partial charge on any atom is -0.334 e. The molecule has 0 spiro atoms. The molecular weight excluding hydrogens is 333 g/mol. The van der Waals surface area contributed by atoms with Gasteiger partial charge < -0.3 is 10.6 Å². The fourth-order valence-corrected chi connectivity index (χ4v) is 4.07. The second-order valence-electron chi connectivity index (χ2n) is 5.50. The molecule has 2 rings (SSSR count). The lowest BCUT2D eigenvalue weighted by molar-refractivity contribution is -0.152. The molecule has 9 heteroatoms. The molecule has 0 saturated carbocycles. The molecule has 0 unspecified atom stereocenters. The Kier molecular flexibility index (Phi) is 5.18. The van der Waals surface area contributed by atoms with E-state index in [1.165, 1.54) is 0 Å². The molecule has 0 aliphatic carbocycles. The van der Waals surface area contributed by atoms with Crippen LogP contribution < -0.4 is 10.6 Å². The van der Waals surface area contributed by atoms with Crippen LogP contribution in [-0.4, -0.2) is 44.2 Å². The highest BCUT2D eigenvalue weighted by Gasteiger charge is 2.41. The highest BCUT2D eigenvalue weighted by atomic mass is 32.2. The number of hydrogen-bond acceptors (Lipinski definition) is 3. The molecule has 0 bridgehead atoms. The van der Waals surface area contributed by atoms with Crippen LogP contribution in [-0.2, 0) is 16.3 Å². The maximum absolute atomic E-state index is 13.1. The van der Waals surface area contributed by atoms with Crippen molar-refractivity contribution in [3.63, 3.8) is 0 Å². The molecule has 1 aliphatic heterocycles. The van der Waals surface area contributed by atoms with Gasteiger partial charge in [-0.05, 0) is 12.0 Å². The third-order valence-corrected chi connectivity index (χ3v) is 5.32. The van der Waals surface area contributed by atoms with Crippen LogP contribution in [0.4, 0.5) is 18.0 Å². The van der Waals surface area contributed by atoms with E-state index >= 15 is 0 Å². The van der Waals surface area contributed by atoms with E-state index in [2.05, 4.69) is 5.32 Å². The SMILES string of the molecule is O=C(N[C@@H]1CCS(=O)(=O)C1)N[C@H](Cc1ccccc1)C(F)(F)F. The minimum absolute atomic E-state index is 0.0648. The van der Waals surface area contributed by atoms with Crippen molar-refractivity contribution in [2.24, 2.45) is 0 Å². The van der Waals surface area contributed by atoms with Gasteiger partial charge >= 0.3 is 12.2 Å². The topological polar surface area (TPSA) is 75.3 Å². The first-order valence-electron chi connectivity index (χ1n) is 7.04. The summed E-state index contributed by atoms with van der Waals surface area (Å²) in [5.74, 6) is -0.305. The Labute approximate surface area is 132 Å². The van der Waals surface area contributed by atoms with Crippen LogP contribution in [0.25, 0.3) is 0 Å². The Bertz CT molecular complexity index is 647. The van der Waals surface area contributed by atoms with E-state index in [1.54, 1.807) is 30.3 Å². The molecule has 2 N–H and O–H groups in total. The van der Waals surface area contributed by atoms with Crippen LogP contribution >= 0.6 is 0 Å². The lowest BCUT2D eigenvalue weighted by atomic mass is 10.1. The minimum atomic E-state index is -4.60. The van der Waals surface area contributed by atoms with Gasteiger partial charge in [-0.25, -0.2) is 13.2 Å². The third-order valence-electron chi connectivity index (χ3n) is 3.55. The first-order chi connectivity index (χ1) is 10.7. The number of carbonyl (C=O) groups excluding carboxylic acids is 1. The monoisotopic (exact) mass is 350 g/mol. The average Bonchev–Trinajstić information content (AvgIpc) is 2.77. The highest BCUT2D eigenvalue weighted by molar-refractivity contribution is 7.91. The molecule has 2 amide bonds. The summed E-state index contributed by atoms with van der Waals surface area (Å²) in [5, 5.41) is 4.18. The van der Waals surface area contributed by atoms with Crippen LogP contribution in [0.2, 0.25) is 0 Å². The van der Waals surface area contributed by atoms with Gasteiger partial charge in [-0.3, -0.25) is 0 Å². The first-order valence-corrected chi connectivity index (χ1v) is 8.86. The van der Waals surface area contributed by atoms with Crippen molar-refractivity contribution >= 4 is 15.9 Å². The van der Waals surface area contributed by atoms with Crippen LogP contribution in [0.15, 0.2) is 30.3 Å². The zero-order valence-electron chi connectivity index (χ0n) is 12.1. The van der Waals surface area contributed by atoms with E-state index in [0.717, 1.165) is 0 Å². The van der Waals surface area contributed by atoms with Gasteiger partial charge in [-0.1, -0.05) is 30.3 Å². The Morgan fingerprint density at radius 1 is 1.26 bits per heavy atom. The largest absolute Gasteiger partial charge is 0.408 e. The molecule has 1 saturated heterocycles. The third kappa shape index (κ3) is 5.42.